The Labute approximate surface area is 89.5 Å². The highest BCUT2D eigenvalue weighted by Crippen LogP contribution is 2.01. The van der Waals surface area contributed by atoms with E-state index >= 15 is 0 Å². The maximum absolute atomic E-state index is 4.19. The number of hydrogen-bond acceptors (Lipinski definition) is 3. The van der Waals surface area contributed by atoms with Crippen LogP contribution in [0.2, 0.25) is 0 Å². The molecule has 1 heterocycles. The lowest BCUT2D eigenvalue weighted by Gasteiger charge is -1.98. The van der Waals surface area contributed by atoms with E-state index in [4.69, 9.17) is 0 Å². The lowest BCUT2D eigenvalue weighted by molar-refractivity contribution is 1.17. The number of hydrogen-bond donors (Lipinski definition) is 0. The lowest BCUT2D eigenvalue weighted by atomic mass is 10.2. The van der Waals surface area contributed by atoms with E-state index in [0.717, 1.165) is 11.3 Å². The molecule has 0 saturated heterocycles. The number of rotatable bonds is 2. The number of aryl methyl sites for hydroxylation is 1. The Morgan fingerprint density at radius 2 is 2.00 bits per heavy atom. The van der Waals surface area contributed by atoms with Gasteiger partial charge >= 0.3 is 0 Å². The number of nitrogens with zero attached hydrogens (tertiary/aromatic N) is 4. The summed E-state index contributed by atoms with van der Waals surface area (Å²) in [5, 5.41) is 7.88. The summed E-state index contributed by atoms with van der Waals surface area (Å²) in [6, 6.07) is 3.80. The zero-order valence-electron chi connectivity index (χ0n) is 9.23. The van der Waals surface area contributed by atoms with Crippen LogP contribution in [-0.2, 0) is 0 Å². The van der Waals surface area contributed by atoms with Crippen LogP contribution in [0.3, 0.4) is 0 Å². The molecule has 78 valence electrons. The van der Waals surface area contributed by atoms with Gasteiger partial charge in [0, 0.05) is 11.9 Å². The molecule has 1 aromatic heterocycles. The fourth-order valence-corrected chi connectivity index (χ4v) is 0.911. The Hall–Kier alpha value is -1.84. The van der Waals surface area contributed by atoms with Crippen molar-refractivity contribution in [3.05, 3.63) is 29.6 Å². The summed E-state index contributed by atoms with van der Waals surface area (Å²) in [7, 11) is 0. The van der Waals surface area contributed by atoms with Crippen LogP contribution in [0.5, 0.6) is 0 Å². The summed E-state index contributed by atoms with van der Waals surface area (Å²) >= 11 is 0. The van der Waals surface area contributed by atoms with Gasteiger partial charge in [-0.25, -0.2) is 4.99 Å². The molecule has 0 spiro atoms. The van der Waals surface area contributed by atoms with Crippen LogP contribution >= 0.6 is 0 Å². The van der Waals surface area contributed by atoms with E-state index in [0.29, 0.717) is 11.5 Å². The van der Waals surface area contributed by atoms with Crippen molar-refractivity contribution < 1.29 is 0 Å². The second kappa shape index (κ2) is 5.14. The average molecular weight is 202 g/mol. The summed E-state index contributed by atoms with van der Waals surface area (Å²) < 4.78 is 0. The first-order valence-corrected chi connectivity index (χ1v) is 4.62. The highest BCUT2D eigenvalue weighted by molar-refractivity contribution is 6.00. The van der Waals surface area contributed by atoms with Gasteiger partial charge in [0.2, 0.25) is 0 Å². The van der Waals surface area contributed by atoms with Crippen molar-refractivity contribution in [2.45, 2.75) is 20.8 Å². The Kier molecular flexibility index (Phi) is 3.85. The molecular weight excluding hydrogens is 188 g/mol. The van der Waals surface area contributed by atoms with Crippen molar-refractivity contribution in [2.24, 2.45) is 15.2 Å². The highest BCUT2D eigenvalue weighted by atomic mass is 15.2. The van der Waals surface area contributed by atoms with E-state index in [-0.39, 0.29) is 0 Å². The predicted molar refractivity (Wildman–Crippen MR) is 63.8 cm³/mol. The molecule has 0 N–H and O–H groups in total. The smallest absolute Gasteiger partial charge is 0.199 e. The van der Waals surface area contributed by atoms with Gasteiger partial charge in [0.05, 0.1) is 0 Å². The third-order valence-corrected chi connectivity index (χ3v) is 1.63. The van der Waals surface area contributed by atoms with Gasteiger partial charge in [0.25, 0.3) is 0 Å². The van der Waals surface area contributed by atoms with Crippen molar-refractivity contribution >= 4 is 18.3 Å². The van der Waals surface area contributed by atoms with Crippen LogP contribution in [-0.4, -0.2) is 23.2 Å². The van der Waals surface area contributed by atoms with Crippen LogP contribution in [0.1, 0.15) is 25.1 Å². The first-order chi connectivity index (χ1) is 7.13. The molecule has 0 radical (unpaired) electrons. The van der Waals surface area contributed by atoms with Crippen molar-refractivity contribution in [3.8, 4) is 0 Å². The van der Waals surface area contributed by atoms with Crippen molar-refractivity contribution in [3.63, 3.8) is 0 Å². The topological polar surface area (TPSA) is 50.0 Å². The van der Waals surface area contributed by atoms with Gasteiger partial charge in [-0.1, -0.05) is 6.07 Å². The van der Waals surface area contributed by atoms with E-state index in [1.807, 2.05) is 32.9 Å². The van der Waals surface area contributed by atoms with Crippen molar-refractivity contribution in [2.75, 3.05) is 0 Å². The molecule has 0 aliphatic rings. The Morgan fingerprint density at radius 1 is 1.27 bits per heavy atom. The van der Waals surface area contributed by atoms with Gasteiger partial charge in [-0.05, 0) is 39.1 Å². The number of aromatic nitrogens is 1. The normalized spacial score (nSPS) is 11.0. The fraction of sp³-hybridized carbons (Fsp3) is 0.273. The number of aliphatic imine (C=N–C) groups is 1. The maximum Gasteiger partial charge on any atom is 0.199 e. The largest absolute Gasteiger partial charge is 0.253 e. The van der Waals surface area contributed by atoms with E-state index in [1.54, 1.807) is 6.20 Å². The fourth-order valence-electron chi connectivity index (χ4n) is 0.911. The van der Waals surface area contributed by atoms with E-state index in [1.165, 1.54) is 0 Å². The first-order valence-electron chi connectivity index (χ1n) is 4.62. The summed E-state index contributed by atoms with van der Waals surface area (Å²) in [6.45, 7) is 9.16. The lowest BCUT2D eigenvalue weighted by Crippen LogP contribution is -1.99. The summed E-state index contributed by atoms with van der Waals surface area (Å²) in [5.41, 5.74) is 2.64. The SMILES string of the molecule is C=N/C(=N\N=C(C)C)c1ccc(C)cn1. The van der Waals surface area contributed by atoms with Crippen molar-refractivity contribution in [1.29, 1.82) is 0 Å². The van der Waals surface area contributed by atoms with Gasteiger partial charge < -0.3 is 0 Å². The Bertz CT molecular complexity index is 397. The Morgan fingerprint density at radius 3 is 2.47 bits per heavy atom. The van der Waals surface area contributed by atoms with Crippen LogP contribution in [0.15, 0.2) is 33.5 Å². The minimum absolute atomic E-state index is 0.441. The van der Waals surface area contributed by atoms with Gasteiger partial charge in [0.1, 0.15) is 5.69 Å². The second-order valence-corrected chi connectivity index (χ2v) is 3.35. The minimum Gasteiger partial charge on any atom is -0.253 e. The summed E-state index contributed by atoms with van der Waals surface area (Å²) in [5.74, 6) is 0.441. The standard InChI is InChI=1S/C11H14N4/c1-8(2)14-15-11(12-4)10-6-5-9(3)7-13-10/h5-7H,4H2,1-3H3/b15-11-. The Balaban J connectivity index is 3.02. The van der Waals surface area contributed by atoms with Crippen LogP contribution in [0.25, 0.3) is 0 Å². The molecule has 0 unspecified atom stereocenters. The molecule has 0 atom stereocenters. The first kappa shape index (κ1) is 11.2. The number of pyridine rings is 1. The number of amidine groups is 1. The summed E-state index contributed by atoms with van der Waals surface area (Å²) in [4.78, 5) is 7.98. The zero-order valence-corrected chi connectivity index (χ0v) is 9.23. The molecule has 1 rings (SSSR count). The molecule has 4 heteroatoms. The van der Waals surface area contributed by atoms with Gasteiger partial charge in [-0.2, -0.15) is 5.10 Å². The molecule has 0 aliphatic carbocycles. The van der Waals surface area contributed by atoms with E-state index in [9.17, 15) is 0 Å². The molecule has 0 aliphatic heterocycles. The molecule has 0 bridgehead atoms. The highest BCUT2D eigenvalue weighted by Gasteiger charge is 2.01. The average Bonchev–Trinajstić information content (AvgIpc) is 2.21. The summed E-state index contributed by atoms with van der Waals surface area (Å²) in [6.07, 6.45) is 1.76. The van der Waals surface area contributed by atoms with Gasteiger partial charge in [0.15, 0.2) is 5.84 Å². The van der Waals surface area contributed by atoms with E-state index in [2.05, 4.69) is 26.9 Å². The molecular formula is C11H14N4. The van der Waals surface area contributed by atoms with Crippen LogP contribution in [0, 0.1) is 6.92 Å². The maximum atomic E-state index is 4.19. The minimum atomic E-state index is 0.441. The predicted octanol–water partition coefficient (Wildman–Crippen LogP) is 2.23. The molecule has 0 aromatic carbocycles. The molecule has 0 amide bonds. The molecule has 4 nitrogen and oxygen atoms in total. The molecule has 0 saturated carbocycles. The third kappa shape index (κ3) is 3.42. The second-order valence-electron chi connectivity index (χ2n) is 3.35. The van der Waals surface area contributed by atoms with Crippen LogP contribution < -0.4 is 0 Å². The van der Waals surface area contributed by atoms with Gasteiger partial charge in [-0.15, -0.1) is 5.10 Å². The molecule has 1 aromatic rings. The monoisotopic (exact) mass is 202 g/mol. The van der Waals surface area contributed by atoms with Gasteiger partial charge in [-0.3, -0.25) is 4.98 Å². The third-order valence-electron chi connectivity index (χ3n) is 1.63. The van der Waals surface area contributed by atoms with Crippen LogP contribution in [0.4, 0.5) is 0 Å². The quantitative estimate of drug-likeness (QED) is 0.412. The molecule has 15 heavy (non-hydrogen) atoms. The van der Waals surface area contributed by atoms with E-state index < -0.39 is 0 Å². The van der Waals surface area contributed by atoms with Crippen molar-refractivity contribution in [1.82, 2.24) is 4.98 Å². The zero-order chi connectivity index (χ0) is 11.3. The molecule has 0 fully saturated rings.